The van der Waals surface area contributed by atoms with Gasteiger partial charge in [0.2, 0.25) is 6.41 Å². The Morgan fingerprint density at radius 2 is 2.70 bits per heavy atom. The summed E-state index contributed by atoms with van der Waals surface area (Å²) in [4.78, 5) is 13.7. The molecule has 0 bridgehead atoms. The van der Waals surface area contributed by atoms with Crippen LogP contribution in [0.25, 0.3) is 0 Å². The summed E-state index contributed by atoms with van der Waals surface area (Å²) in [6.07, 6.45) is 3.60. The van der Waals surface area contributed by atoms with Crippen molar-refractivity contribution in [2.75, 3.05) is 0 Å². The molecule has 54 valence electrons. The molecule has 1 unspecified atom stereocenters. The average Bonchev–Trinajstić information content (AvgIpc) is 1.88. The molecule has 0 aromatic rings. The smallest absolute Gasteiger partial charge is 0.212 e. The maximum atomic E-state index is 9.90. The van der Waals surface area contributed by atoms with Crippen LogP contribution in [0, 0.1) is 0 Å². The zero-order valence-corrected chi connectivity index (χ0v) is 5.80. The predicted octanol–water partition coefficient (Wildman–Crippen LogP) is -0.230. The van der Waals surface area contributed by atoms with Crippen LogP contribution < -0.4 is 10.6 Å². The third kappa shape index (κ3) is 1.73. The molecule has 1 amide bonds. The number of aliphatic imine (C=N–C) groups is 1. The van der Waals surface area contributed by atoms with E-state index >= 15 is 0 Å². The van der Waals surface area contributed by atoms with Crippen LogP contribution in [-0.2, 0) is 4.79 Å². The molecule has 2 N–H and O–H groups in total. The highest BCUT2D eigenvalue weighted by Gasteiger charge is 2.03. The topological polar surface area (TPSA) is 53.5 Å². The molecule has 0 radical (unpaired) electrons. The molecule has 1 rings (SSSR count). The lowest BCUT2D eigenvalue weighted by Crippen LogP contribution is -2.28. The Hall–Kier alpha value is -1.03. The zero-order chi connectivity index (χ0) is 7.40. The molecular formula is C5H6ClN3O. The second kappa shape index (κ2) is 3.22. The van der Waals surface area contributed by atoms with Crippen LogP contribution in [0.3, 0.4) is 0 Å². The number of alkyl halides is 1. The Morgan fingerprint density at radius 1 is 1.90 bits per heavy atom. The van der Waals surface area contributed by atoms with Gasteiger partial charge in [-0.1, -0.05) is 11.6 Å². The number of carbonyl (C=O) groups excluding carboxylic acids is 1. The first-order valence-electron chi connectivity index (χ1n) is 2.67. The van der Waals surface area contributed by atoms with Crippen molar-refractivity contribution < 1.29 is 4.79 Å². The molecule has 1 heterocycles. The van der Waals surface area contributed by atoms with E-state index in [9.17, 15) is 4.79 Å². The van der Waals surface area contributed by atoms with Crippen LogP contribution in [0.15, 0.2) is 16.9 Å². The molecule has 0 aliphatic carbocycles. The number of rotatable bonds is 2. The average molecular weight is 160 g/mol. The van der Waals surface area contributed by atoms with Crippen LogP contribution in [-0.4, -0.2) is 18.2 Å². The van der Waals surface area contributed by atoms with E-state index in [0.29, 0.717) is 12.2 Å². The maximum absolute atomic E-state index is 9.90. The van der Waals surface area contributed by atoms with Gasteiger partial charge in [-0.3, -0.25) is 9.79 Å². The Morgan fingerprint density at radius 3 is 3.30 bits per heavy atom. The van der Waals surface area contributed by atoms with Crippen molar-refractivity contribution in [1.82, 2.24) is 10.6 Å². The lowest BCUT2D eigenvalue weighted by atomic mass is 10.5. The third-order valence-electron chi connectivity index (χ3n) is 0.956. The van der Waals surface area contributed by atoms with E-state index in [1.54, 1.807) is 6.08 Å². The summed E-state index contributed by atoms with van der Waals surface area (Å²) in [7, 11) is 0. The molecule has 0 aromatic carbocycles. The fourth-order valence-electron chi connectivity index (χ4n) is 0.560. The standard InChI is InChI=1S/C5H6ClN3O/c6-4-1-5(9-3-10)8-2-7-4/h1-4H,(H,7,8)(H,9,10). The lowest BCUT2D eigenvalue weighted by molar-refractivity contribution is -0.109. The monoisotopic (exact) mass is 159 g/mol. The van der Waals surface area contributed by atoms with Crippen molar-refractivity contribution in [3.8, 4) is 0 Å². The van der Waals surface area contributed by atoms with E-state index in [0.717, 1.165) is 0 Å². The molecule has 1 aliphatic rings. The van der Waals surface area contributed by atoms with Crippen LogP contribution in [0.4, 0.5) is 0 Å². The minimum absolute atomic E-state index is 0.385. The molecule has 0 fully saturated rings. The van der Waals surface area contributed by atoms with Gasteiger partial charge in [0.1, 0.15) is 11.3 Å². The largest absolute Gasteiger partial charge is 0.333 e. The number of halogens is 1. The quantitative estimate of drug-likeness (QED) is 0.332. The van der Waals surface area contributed by atoms with Gasteiger partial charge in [-0.05, 0) is 6.08 Å². The number of hydrogen-bond donors (Lipinski definition) is 2. The van der Waals surface area contributed by atoms with Gasteiger partial charge in [0.05, 0.1) is 6.34 Å². The number of hydrogen-bond acceptors (Lipinski definition) is 3. The first kappa shape index (κ1) is 7.08. The molecule has 10 heavy (non-hydrogen) atoms. The first-order chi connectivity index (χ1) is 4.83. The number of nitrogens with one attached hydrogen (secondary N) is 2. The van der Waals surface area contributed by atoms with Crippen molar-refractivity contribution in [2.24, 2.45) is 4.99 Å². The van der Waals surface area contributed by atoms with Gasteiger partial charge in [0, 0.05) is 0 Å². The van der Waals surface area contributed by atoms with Gasteiger partial charge >= 0.3 is 0 Å². The van der Waals surface area contributed by atoms with Crippen molar-refractivity contribution >= 4 is 24.3 Å². The lowest BCUT2D eigenvalue weighted by Gasteiger charge is -2.10. The molecule has 0 saturated carbocycles. The van der Waals surface area contributed by atoms with Crippen molar-refractivity contribution in [1.29, 1.82) is 0 Å². The van der Waals surface area contributed by atoms with Crippen LogP contribution in [0.1, 0.15) is 0 Å². The van der Waals surface area contributed by atoms with Gasteiger partial charge < -0.3 is 10.6 Å². The fourth-order valence-corrected chi connectivity index (χ4v) is 0.742. The second-order valence-corrected chi connectivity index (χ2v) is 2.08. The van der Waals surface area contributed by atoms with Crippen LogP contribution in [0.2, 0.25) is 0 Å². The molecule has 4 nitrogen and oxygen atoms in total. The van der Waals surface area contributed by atoms with E-state index < -0.39 is 0 Å². The van der Waals surface area contributed by atoms with Crippen LogP contribution in [0.5, 0.6) is 0 Å². The Kier molecular flexibility index (Phi) is 2.28. The van der Waals surface area contributed by atoms with Crippen molar-refractivity contribution in [3.05, 3.63) is 11.9 Å². The fraction of sp³-hybridized carbons (Fsp3) is 0.200. The van der Waals surface area contributed by atoms with E-state index in [1.807, 2.05) is 0 Å². The molecule has 0 saturated heterocycles. The number of carbonyl (C=O) groups is 1. The Labute approximate surface area is 63.0 Å². The van der Waals surface area contributed by atoms with E-state index in [2.05, 4.69) is 15.6 Å². The molecule has 1 atom stereocenters. The second-order valence-electron chi connectivity index (χ2n) is 1.64. The summed E-state index contributed by atoms with van der Waals surface area (Å²) >= 11 is 5.58. The Balaban J connectivity index is 2.52. The van der Waals surface area contributed by atoms with E-state index in [4.69, 9.17) is 11.6 Å². The highest BCUT2D eigenvalue weighted by molar-refractivity contribution is 6.22. The summed E-state index contributed by atoms with van der Waals surface area (Å²) < 4.78 is 0. The molecule has 0 spiro atoms. The van der Waals surface area contributed by atoms with Gasteiger partial charge in [0.15, 0.2) is 0 Å². The molecule has 5 heteroatoms. The molecule has 1 aliphatic heterocycles. The normalized spacial score (nSPS) is 22.9. The number of nitrogens with zero attached hydrogens (tertiary/aromatic N) is 1. The highest BCUT2D eigenvalue weighted by Crippen LogP contribution is 2.03. The van der Waals surface area contributed by atoms with Gasteiger partial charge in [0.25, 0.3) is 0 Å². The van der Waals surface area contributed by atoms with Gasteiger partial charge in [-0.25, -0.2) is 0 Å². The molecule has 0 aromatic heterocycles. The highest BCUT2D eigenvalue weighted by atomic mass is 35.5. The summed E-state index contributed by atoms with van der Waals surface area (Å²) in [6.45, 7) is 0. The first-order valence-corrected chi connectivity index (χ1v) is 3.11. The summed E-state index contributed by atoms with van der Waals surface area (Å²) in [5.74, 6) is 0.560. The predicted molar refractivity (Wildman–Crippen MR) is 38.6 cm³/mol. The summed E-state index contributed by atoms with van der Waals surface area (Å²) in [5.41, 5.74) is -0.385. The van der Waals surface area contributed by atoms with Gasteiger partial charge in [-0.15, -0.1) is 0 Å². The minimum Gasteiger partial charge on any atom is -0.333 e. The zero-order valence-electron chi connectivity index (χ0n) is 5.04. The van der Waals surface area contributed by atoms with E-state index in [1.165, 1.54) is 6.34 Å². The summed E-state index contributed by atoms with van der Waals surface area (Å²) in [6, 6.07) is 0. The van der Waals surface area contributed by atoms with Crippen molar-refractivity contribution in [3.63, 3.8) is 0 Å². The summed E-state index contributed by atoms with van der Waals surface area (Å²) in [5, 5.41) is 5.10. The minimum atomic E-state index is -0.385. The SMILES string of the molecule is O=CNC1=CC(Cl)N=CN1. The van der Waals surface area contributed by atoms with Crippen LogP contribution >= 0.6 is 11.6 Å². The maximum Gasteiger partial charge on any atom is 0.212 e. The van der Waals surface area contributed by atoms with E-state index in [-0.39, 0.29) is 5.50 Å². The number of amides is 1. The van der Waals surface area contributed by atoms with Crippen molar-refractivity contribution in [2.45, 2.75) is 5.50 Å². The molecular weight excluding hydrogens is 154 g/mol. The third-order valence-corrected chi connectivity index (χ3v) is 1.19. The van der Waals surface area contributed by atoms with Gasteiger partial charge in [-0.2, -0.15) is 0 Å². The Bertz CT molecular complexity index is 185.